The zero-order valence-corrected chi connectivity index (χ0v) is 10.5. The lowest BCUT2D eigenvalue weighted by molar-refractivity contribution is 0.199. The lowest BCUT2D eigenvalue weighted by atomic mass is 10.1. The van der Waals surface area contributed by atoms with Gasteiger partial charge in [0, 0.05) is 15.9 Å². The average Bonchev–Trinajstić information content (AvgIpc) is 2.33. The number of rotatable bonds is 3. The molecule has 1 N–H and O–H groups in total. The molecule has 18 heavy (non-hydrogen) atoms. The largest absolute Gasteiger partial charge is 0.389 e. The van der Waals surface area contributed by atoms with Gasteiger partial charge in [-0.2, -0.15) is 0 Å². The van der Waals surface area contributed by atoms with Crippen LogP contribution in [0, 0.1) is 11.6 Å². The SMILES string of the molecule is C[C@H](O)c1ccc(Sc2ccc(F)cc2F)cc1. The number of halogens is 2. The van der Waals surface area contributed by atoms with Crippen molar-refractivity contribution in [3.63, 3.8) is 0 Å². The first-order valence-corrected chi connectivity index (χ1v) is 6.29. The highest BCUT2D eigenvalue weighted by Gasteiger charge is 2.06. The van der Waals surface area contributed by atoms with E-state index in [0.29, 0.717) is 4.90 Å². The van der Waals surface area contributed by atoms with Crippen molar-refractivity contribution < 1.29 is 13.9 Å². The van der Waals surface area contributed by atoms with E-state index in [1.165, 1.54) is 23.9 Å². The van der Waals surface area contributed by atoms with Crippen molar-refractivity contribution in [1.29, 1.82) is 0 Å². The lowest BCUT2D eigenvalue weighted by Gasteiger charge is -2.06. The summed E-state index contributed by atoms with van der Waals surface area (Å²) in [6.45, 7) is 1.68. The highest BCUT2D eigenvalue weighted by atomic mass is 32.2. The molecule has 4 heteroatoms. The normalized spacial score (nSPS) is 12.4. The van der Waals surface area contributed by atoms with E-state index in [1.54, 1.807) is 31.2 Å². The zero-order valence-electron chi connectivity index (χ0n) is 9.73. The van der Waals surface area contributed by atoms with E-state index in [4.69, 9.17) is 0 Å². The van der Waals surface area contributed by atoms with Gasteiger partial charge in [-0.3, -0.25) is 0 Å². The molecule has 0 aliphatic heterocycles. The summed E-state index contributed by atoms with van der Waals surface area (Å²) in [5, 5.41) is 9.37. The Kier molecular flexibility index (Phi) is 3.99. The van der Waals surface area contributed by atoms with Crippen molar-refractivity contribution in [2.75, 3.05) is 0 Å². The van der Waals surface area contributed by atoms with E-state index in [2.05, 4.69) is 0 Å². The van der Waals surface area contributed by atoms with E-state index in [9.17, 15) is 13.9 Å². The molecule has 0 amide bonds. The Morgan fingerprint density at radius 3 is 2.28 bits per heavy atom. The van der Waals surface area contributed by atoms with Gasteiger partial charge in [0.25, 0.3) is 0 Å². The number of aliphatic hydroxyl groups is 1. The van der Waals surface area contributed by atoms with Crippen LogP contribution in [0.4, 0.5) is 8.78 Å². The second-order valence-electron chi connectivity index (χ2n) is 3.92. The van der Waals surface area contributed by atoms with E-state index in [0.717, 1.165) is 16.5 Å². The number of hydrogen-bond acceptors (Lipinski definition) is 2. The fraction of sp³-hybridized carbons (Fsp3) is 0.143. The molecule has 1 atom stereocenters. The van der Waals surface area contributed by atoms with Crippen LogP contribution in [0.5, 0.6) is 0 Å². The maximum atomic E-state index is 13.4. The quantitative estimate of drug-likeness (QED) is 0.899. The van der Waals surface area contributed by atoms with Gasteiger partial charge in [-0.15, -0.1) is 0 Å². The van der Waals surface area contributed by atoms with Crippen LogP contribution in [0.3, 0.4) is 0 Å². The summed E-state index contributed by atoms with van der Waals surface area (Å²) in [4.78, 5) is 1.21. The average molecular weight is 266 g/mol. The monoisotopic (exact) mass is 266 g/mol. The number of hydrogen-bond donors (Lipinski definition) is 1. The van der Waals surface area contributed by atoms with E-state index < -0.39 is 17.7 Å². The van der Waals surface area contributed by atoms with Crippen LogP contribution >= 0.6 is 11.8 Å². The topological polar surface area (TPSA) is 20.2 Å². The Morgan fingerprint density at radius 1 is 1.06 bits per heavy atom. The zero-order chi connectivity index (χ0) is 13.1. The highest BCUT2D eigenvalue weighted by molar-refractivity contribution is 7.99. The third kappa shape index (κ3) is 3.09. The molecule has 0 unspecified atom stereocenters. The molecule has 0 bridgehead atoms. The van der Waals surface area contributed by atoms with Crippen molar-refractivity contribution >= 4 is 11.8 Å². The van der Waals surface area contributed by atoms with Crippen LogP contribution in [-0.4, -0.2) is 5.11 Å². The van der Waals surface area contributed by atoms with Crippen LogP contribution in [0.25, 0.3) is 0 Å². The Bertz CT molecular complexity index is 538. The summed E-state index contributed by atoms with van der Waals surface area (Å²) in [5.41, 5.74) is 0.805. The van der Waals surface area contributed by atoms with Crippen molar-refractivity contribution in [2.45, 2.75) is 22.8 Å². The van der Waals surface area contributed by atoms with Gasteiger partial charge in [0.1, 0.15) is 11.6 Å². The highest BCUT2D eigenvalue weighted by Crippen LogP contribution is 2.30. The molecule has 94 valence electrons. The minimum Gasteiger partial charge on any atom is -0.389 e. The molecule has 2 rings (SSSR count). The smallest absolute Gasteiger partial charge is 0.140 e. The third-order valence-corrected chi connectivity index (χ3v) is 3.54. The van der Waals surface area contributed by atoms with Crippen LogP contribution < -0.4 is 0 Å². The third-order valence-electron chi connectivity index (χ3n) is 2.48. The summed E-state index contributed by atoms with van der Waals surface area (Å²) >= 11 is 1.22. The summed E-state index contributed by atoms with van der Waals surface area (Å²) in [7, 11) is 0. The molecule has 0 heterocycles. The predicted molar refractivity (Wildman–Crippen MR) is 67.6 cm³/mol. The lowest BCUT2D eigenvalue weighted by Crippen LogP contribution is -1.89. The van der Waals surface area contributed by atoms with Gasteiger partial charge in [-0.05, 0) is 36.8 Å². The van der Waals surface area contributed by atoms with Gasteiger partial charge < -0.3 is 5.11 Å². The van der Waals surface area contributed by atoms with Gasteiger partial charge in [0.05, 0.1) is 6.10 Å². The molecule has 1 nitrogen and oxygen atoms in total. The Labute approximate surface area is 108 Å². The molecule has 0 fully saturated rings. The van der Waals surface area contributed by atoms with Gasteiger partial charge in [0.15, 0.2) is 0 Å². The van der Waals surface area contributed by atoms with Crippen LogP contribution in [-0.2, 0) is 0 Å². The molecule has 0 aromatic heterocycles. The molecule has 2 aromatic rings. The van der Waals surface area contributed by atoms with Crippen molar-refractivity contribution in [3.05, 3.63) is 59.7 Å². The van der Waals surface area contributed by atoms with Crippen molar-refractivity contribution in [1.82, 2.24) is 0 Å². The second kappa shape index (κ2) is 5.50. The molecule has 0 spiro atoms. The van der Waals surface area contributed by atoms with Gasteiger partial charge in [-0.25, -0.2) is 8.78 Å². The molecule has 2 aromatic carbocycles. The Hall–Kier alpha value is -1.39. The standard InChI is InChI=1S/C14H12F2OS/c1-9(17)10-2-5-12(6-3-10)18-14-7-4-11(15)8-13(14)16/h2-9,17H,1H3/t9-/m0/s1. The van der Waals surface area contributed by atoms with E-state index >= 15 is 0 Å². The summed E-state index contributed by atoms with van der Waals surface area (Å²) in [5.74, 6) is -1.15. The maximum absolute atomic E-state index is 13.4. The fourth-order valence-corrected chi connectivity index (χ4v) is 2.32. The molecule has 0 radical (unpaired) electrons. The minimum atomic E-state index is -0.582. The minimum absolute atomic E-state index is 0.376. The van der Waals surface area contributed by atoms with E-state index in [1.807, 2.05) is 0 Å². The van der Waals surface area contributed by atoms with Gasteiger partial charge >= 0.3 is 0 Å². The summed E-state index contributed by atoms with van der Waals surface area (Å²) < 4.78 is 26.2. The number of benzene rings is 2. The first-order chi connectivity index (χ1) is 8.56. The first-order valence-electron chi connectivity index (χ1n) is 5.47. The molecule has 0 aliphatic carbocycles. The Morgan fingerprint density at radius 2 is 1.72 bits per heavy atom. The van der Waals surface area contributed by atoms with Gasteiger partial charge in [-0.1, -0.05) is 23.9 Å². The molecular formula is C14H12F2OS. The first kappa shape index (κ1) is 13.1. The summed E-state index contributed by atoms with van der Waals surface area (Å²) in [6, 6.07) is 10.7. The fourth-order valence-electron chi connectivity index (χ4n) is 1.50. The molecule has 0 saturated carbocycles. The van der Waals surface area contributed by atoms with Crippen LogP contribution in [0.2, 0.25) is 0 Å². The van der Waals surface area contributed by atoms with Crippen LogP contribution in [0.1, 0.15) is 18.6 Å². The molecular weight excluding hydrogens is 254 g/mol. The maximum Gasteiger partial charge on any atom is 0.140 e. The molecule has 0 saturated heterocycles. The second-order valence-corrected chi connectivity index (χ2v) is 5.04. The Balaban J connectivity index is 2.18. The van der Waals surface area contributed by atoms with Crippen molar-refractivity contribution in [2.24, 2.45) is 0 Å². The summed E-state index contributed by atoms with van der Waals surface area (Å²) in [6.07, 6.45) is -0.522. The predicted octanol–water partition coefficient (Wildman–Crippen LogP) is 4.17. The van der Waals surface area contributed by atoms with Gasteiger partial charge in [0.2, 0.25) is 0 Å². The number of aliphatic hydroxyl groups excluding tert-OH is 1. The van der Waals surface area contributed by atoms with E-state index in [-0.39, 0.29) is 0 Å². The molecule has 0 aliphatic rings. The van der Waals surface area contributed by atoms with Crippen molar-refractivity contribution in [3.8, 4) is 0 Å². The van der Waals surface area contributed by atoms with Crippen LogP contribution in [0.15, 0.2) is 52.3 Å².